The molecular weight excluding hydrogens is 461 g/mol. The van der Waals surface area contributed by atoms with Gasteiger partial charge in [-0.15, -0.1) is 11.6 Å². The molecule has 1 unspecified atom stereocenters. The normalized spacial score (nSPS) is 25.1. The second-order valence-electron chi connectivity index (χ2n) is 7.89. The first kappa shape index (κ1) is 27.1. The third-order valence-electron chi connectivity index (χ3n) is 5.71. The van der Waals surface area contributed by atoms with Crippen molar-refractivity contribution in [2.75, 3.05) is 6.61 Å². The number of allylic oxidation sites excluding steroid dienone is 2. The van der Waals surface area contributed by atoms with Crippen LogP contribution in [0.25, 0.3) is 0 Å². The summed E-state index contributed by atoms with van der Waals surface area (Å²) in [6.45, 7) is 6.46. The fourth-order valence-corrected chi connectivity index (χ4v) is 4.39. The first-order valence-electron chi connectivity index (χ1n) is 10.7. The monoisotopic (exact) mass is 496 g/mol. The van der Waals surface area contributed by atoms with E-state index in [0.29, 0.717) is 13.0 Å². The number of rotatable bonds is 12. The maximum Gasteiger partial charge on any atom is 0.119 e. The number of hydrogen-bond donors (Lipinski definition) is 2. The van der Waals surface area contributed by atoms with Crippen molar-refractivity contribution in [2.45, 2.75) is 75.9 Å². The van der Waals surface area contributed by atoms with E-state index in [0.717, 1.165) is 56.3 Å². The summed E-state index contributed by atoms with van der Waals surface area (Å²) in [5.74, 6) is 1.02. The molecule has 0 saturated heterocycles. The standard InChI is InChI=1S/C24H36ClO3.Y/c1-3-5-7-9-10-20-21(24(27)16-22(20)25)17-28-19-14-12-18(13-15-19)23(26)11-8-6-4-2;/h7,9,12-15,20-24,26-27H,1,3-6,8,10-11,16-17H2,2H3;/q-1;/b9-7-;/t20-,21-,22-,23?,24-;/m1./s1. The summed E-state index contributed by atoms with van der Waals surface area (Å²) in [6, 6.07) is 7.67. The Morgan fingerprint density at radius 2 is 1.93 bits per heavy atom. The van der Waals surface area contributed by atoms with Gasteiger partial charge in [-0.1, -0.05) is 56.9 Å². The summed E-state index contributed by atoms with van der Waals surface area (Å²) in [4.78, 5) is 0. The molecule has 0 bridgehead atoms. The van der Waals surface area contributed by atoms with Crippen LogP contribution in [0.1, 0.15) is 70.0 Å². The van der Waals surface area contributed by atoms with Gasteiger partial charge < -0.3 is 21.9 Å². The van der Waals surface area contributed by atoms with Crippen LogP contribution in [0.3, 0.4) is 0 Å². The predicted molar refractivity (Wildman–Crippen MR) is 117 cm³/mol. The van der Waals surface area contributed by atoms with Crippen LogP contribution in [0.5, 0.6) is 5.75 Å². The fraction of sp³-hybridized carbons (Fsp3) is 0.625. The van der Waals surface area contributed by atoms with Crippen molar-refractivity contribution in [1.29, 1.82) is 0 Å². The SMILES string of the molecule is [CH2-]CC/C=C\C[C@@H]1[C@@H](COc2ccc(C(O)CCCCC)cc2)[C@H](O)C[C@H]1Cl.[Y]. The van der Waals surface area contributed by atoms with Crippen molar-refractivity contribution in [2.24, 2.45) is 11.8 Å². The summed E-state index contributed by atoms with van der Waals surface area (Å²) in [5.41, 5.74) is 0.929. The number of halogens is 1. The first-order valence-corrected chi connectivity index (χ1v) is 11.2. The Morgan fingerprint density at radius 1 is 1.21 bits per heavy atom. The molecule has 1 saturated carbocycles. The minimum atomic E-state index is -0.423. The molecule has 161 valence electrons. The molecule has 0 spiro atoms. The van der Waals surface area contributed by atoms with Crippen molar-refractivity contribution in [3.05, 3.63) is 48.9 Å². The number of alkyl halides is 1. The summed E-state index contributed by atoms with van der Waals surface area (Å²) in [6.07, 6.45) is 10.9. The molecule has 29 heavy (non-hydrogen) atoms. The number of ether oxygens (including phenoxy) is 1. The van der Waals surface area contributed by atoms with Crippen molar-refractivity contribution in [3.63, 3.8) is 0 Å². The number of benzene rings is 1. The first-order chi connectivity index (χ1) is 13.6. The molecule has 5 heteroatoms. The van der Waals surface area contributed by atoms with Gasteiger partial charge in [-0.3, -0.25) is 0 Å². The molecule has 0 amide bonds. The van der Waals surface area contributed by atoms with Crippen LogP contribution in [0.15, 0.2) is 36.4 Å². The van der Waals surface area contributed by atoms with E-state index in [1.165, 1.54) is 0 Å². The Kier molecular flexibility index (Phi) is 14.0. The summed E-state index contributed by atoms with van der Waals surface area (Å²) >= 11 is 6.48. The van der Waals surface area contributed by atoms with Gasteiger partial charge >= 0.3 is 0 Å². The number of unbranched alkanes of at least 4 members (excludes halogenated alkanes) is 3. The molecule has 1 radical (unpaired) electrons. The molecule has 1 fully saturated rings. The van der Waals surface area contributed by atoms with Crippen molar-refractivity contribution >= 4 is 11.6 Å². The van der Waals surface area contributed by atoms with Crippen LogP contribution in [0.2, 0.25) is 0 Å². The van der Waals surface area contributed by atoms with Gasteiger partial charge in [-0.2, -0.15) is 6.42 Å². The molecule has 2 rings (SSSR count). The van der Waals surface area contributed by atoms with Gasteiger partial charge in [0.2, 0.25) is 0 Å². The molecule has 1 aliphatic rings. The number of aliphatic hydroxyl groups is 2. The summed E-state index contributed by atoms with van der Waals surface area (Å²) in [7, 11) is 0. The van der Waals surface area contributed by atoms with Gasteiger partial charge in [0.15, 0.2) is 0 Å². The molecule has 0 aliphatic heterocycles. The van der Waals surface area contributed by atoms with Crippen LogP contribution < -0.4 is 4.74 Å². The zero-order chi connectivity index (χ0) is 20.4. The molecule has 0 aromatic heterocycles. The van der Waals surface area contributed by atoms with E-state index in [4.69, 9.17) is 16.3 Å². The van der Waals surface area contributed by atoms with Gasteiger partial charge in [-0.05, 0) is 42.9 Å². The fourth-order valence-electron chi connectivity index (χ4n) is 3.91. The van der Waals surface area contributed by atoms with Crippen LogP contribution >= 0.6 is 11.6 Å². The number of hydrogen-bond acceptors (Lipinski definition) is 3. The van der Waals surface area contributed by atoms with E-state index in [1.54, 1.807) is 0 Å². The molecule has 5 atom stereocenters. The van der Waals surface area contributed by atoms with Crippen molar-refractivity contribution < 1.29 is 47.7 Å². The molecule has 0 heterocycles. The van der Waals surface area contributed by atoms with E-state index in [1.807, 2.05) is 24.3 Å². The second kappa shape index (κ2) is 15.0. The van der Waals surface area contributed by atoms with Crippen LogP contribution in [0, 0.1) is 18.8 Å². The molecule has 2 N–H and O–H groups in total. The van der Waals surface area contributed by atoms with Crippen molar-refractivity contribution in [3.8, 4) is 5.75 Å². The van der Waals surface area contributed by atoms with Gasteiger partial charge in [0.1, 0.15) is 5.75 Å². The number of aliphatic hydroxyl groups excluding tert-OH is 2. The Morgan fingerprint density at radius 3 is 2.59 bits per heavy atom. The Labute approximate surface area is 207 Å². The van der Waals surface area contributed by atoms with Crippen molar-refractivity contribution in [1.82, 2.24) is 0 Å². The zero-order valence-electron chi connectivity index (χ0n) is 17.7. The molecular formula is C24H36ClO3Y-. The van der Waals surface area contributed by atoms with Crippen LogP contribution in [-0.4, -0.2) is 28.3 Å². The molecule has 3 nitrogen and oxygen atoms in total. The maximum atomic E-state index is 10.4. The maximum absolute atomic E-state index is 10.4. The van der Waals surface area contributed by atoms with E-state index in [2.05, 4.69) is 26.0 Å². The topological polar surface area (TPSA) is 49.7 Å². The Hall–Kier alpha value is 0.0739. The van der Waals surface area contributed by atoms with Gasteiger partial charge in [0.25, 0.3) is 0 Å². The minimum Gasteiger partial charge on any atom is -0.493 e. The average Bonchev–Trinajstić information content (AvgIpc) is 2.96. The second-order valence-corrected chi connectivity index (χ2v) is 8.45. The van der Waals surface area contributed by atoms with Crippen LogP contribution in [-0.2, 0) is 32.7 Å². The summed E-state index contributed by atoms with van der Waals surface area (Å²) < 4.78 is 5.97. The van der Waals surface area contributed by atoms with Gasteiger partial charge in [0.05, 0.1) is 18.8 Å². The predicted octanol–water partition coefficient (Wildman–Crippen LogP) is 5.84. The van der Waals surface area contributed by atoms with E-state index < -0.39 is 12.2 Å². The third kappa shape index (κ3) is 8.99. The van der Waals surface area contributed by atoms with Gasteiger partial charge in [-0.25, -0.2) is 0 Å². The largest absolute Gasteiger partial charge is 0.493 e. The summed E-state index contributed by atoms with van der Waals surface area (Å²) in [5, 5.41) is 20.6. The molecule has 1 aromatic carbocycles. The molecule has 1 aliphatic carbocycles. The van der Waals surface area contributed by atoms with E-state index in [9.17, 15) is 10.2 Å². The third-order valence-corrected chi connectivity index (χ3v) is 6.21. The van der Waals surface area contributed by atoms with E-state index >= 15 is 0 Å². The molecule has 1 aromatic rings. The average molecular weight is 497 g/mol. The van der Waals surface area contributed by atoms with E-state index in [-0.39, 0.29) is 49.9 Å². The smallest absolute Gasteiger partial charge is 0.119 e. The van der Waals surface area contributed by atoms with Gasteiger partial charge in [0, 0.05) is 44.0 Å². The quantitative estimate of drug-likeness (QED) is 0.165. The minimum absolute atomic E-state index is 0. The van der Waals surface area contributed by atoms with Crippen LogP contribution in [0.4, 0.5) is 0 Å². The zero-order valence-corrected chi connectivity index (χ0v) is 21.3. The Balaban J connectivity index is 0.00000420. The Bertz CT molecular complexity index is 578.